The van der Waals surface area contributed by atoms with E-state index in [1.54, 1.807) is 11.1 Å². The van der Waals surface area contributed by atoms with E-state index >= 15 is 0 Å². The average Bonchev–Trinajstić information content (AvgIpc) is 2.69. The Hall–Kier alpha value is -1.76. The van der Waals surface area contributed by atoms with E-state index in [0.717, 1.165) is 0 Å². The fraction of sp³-hybridized carbons (Fsp3) is 0.556. The predicted octanol–water partition coefficient (Wildman–Crippen LogP) is 8.59. The molecule has 1 nitrogen and oxygen atoms in total. The lowest BCUT2D eigenvalue weighted by Crippen LogP contribution is -2.33. The highest BCUT2D eigenvalue weighted by atomic mass is 14.9. The van der Waals surface area contributed by atoms with Crippen molar-refractivity contribution in [2.24, 2.45) is 0 Å². The van der Waals surface area contributed by atoms with Crippen molar-refractivity contribution in [2.45, 2.75) is 97.3 Å². The molecular weight excluding hydrogens is 338 g/mol. The molecule has 0 radical (unpaired) electrons. The highest BCUT2D eigenvalue weighted by Gasteiger charge is 2.40. The maximum absolute atomic E-state index is 3.75. The summed E-state index contributed by atoms with van der Waals surface area (Å²) in [7, 11) is 0. The third-order valence-corrected chi connectivity index (χ3v) is 6.56. The number of fused-ring (bicyclic) bond motifs is 2. The molecule has 1 aliphatic heterocycles. The summed E-state index contributed by atoms with van der Waals surface area (Å²) in [4.78, 5) is 0. The van der Waals surface area contributed by atoms with Gasteiger partial charge in [-0.3, -0.25) is 0 Å². The first-order valence-corrected chi connectivity index (χ1v) is 11.6. The molecule has 0 atom stereocenters. The molecule has 2 aromatic rings. The zero-order valence-electron chi connectivity index (χ0n) is 18.5. The van der Waals surface area contributed by atoms with Crippen molar-refractivity contribution in [3.05, 3.63) is 58.7 Å². The van der Waals surface area contributed by atoms with Gasteiger partial charge >= 0.3 is 0 Å². The largest absolute Gasteiger partial charge is 0.355 e. The van der Waals surface area contributed by atoms with Crippen LogP contribution in [-0.4, -0.2) is 0 Å². The highest BCUT2D eigenvalue weighted by molar-refractivity contribution is 5.76. The quantitative estimate of drug-likeness (QED) is 0.409. The van der Waals surface area contributed by atoms with Gasteiger partial charge in [0, 0.05) is 16.8 Å². The third-order valence-electron chi connectivity index (χ3n) is 6.56. The van der Waals surface area contributed by atoms with Crippen molar-refractivity contribution < 1.29 is 0 Å². The lowest BCUT2D eigenvalue weighted by atomic mass is 9.65. The Balaban J connectivity index is 2.05. The lowest BCUT2D eigenvalue weighted by Gasteiger charge is -2.42. The van der Waals surface area contributed by atoms with E-state index in [1.165, 1.54) is 86.7 Å². The van der Waals surface area contributed by atoms with Gasteiger partial charge < -0.3 is 5.32 Å². The molecule has 0 amide bonds. The van der Waals surface area contributed by atoms with Gasteiger partial charge in [0.2, 0.25) is 0 Å². The monoisotopic (exact) mass is 377 g/mol. The van der Waals surface area contributed by atoms with Gasteiger partial charge in [0.25, 0.3) is 0 Å². The molecule has 0 spiro atoms. The average molecular weight is 378 g/mol. The van der Waals surface area contributed by atoms with Gasteiger partial charge in [-0.1, -0.05) is 101 Å². The Morgan fingerprint density at radius 2 is 1.11 bits per heavy atom. The van der Waals surface area contributed by atoms with E-state index in [2.05, 4.69) is 69.4 Å². The first-order valence-electron chi connectivity index (χ1n) is 11.6. The molecular formula is C27H39N. The first kappa shape index (κ1) is 21.0. The fourth-order valence-electron chi connectivity index (χ4n) is 4.99. The minimum atomic E-state index is 0.162. The number of anilines is 2. The third kappa shape index (κ3) is 4.45. The van der Waals surface area contributed by atoms with Crippen molar-refractivity contribution in [1.29, 1.82) is 0 Å². The van der Waals surface area contributed by atoms with Crippen LogP contribution in [0, 0.1) is 13.8 Å². The molecule has 0 saturated carbocycles. The van der Waals surface area contributed by atoms with Crippen LogP contribution < -0.4 is 5.32 Å². The second-order valence-electron chi connectivity index (χ2n) is 8.93. The van der Waals surface area contributed by atoms with Gasteiger partial charge in [0.05, 0.1) is 0 Å². The number of hydrogen-bond donors (Lipinski definition) is 1. The molecule has 1 N–H and O–H groups in total. The van der Waals surface area contributed by atoms with Crippen molar-refractivity contribution in [3.8, 4) is 0 Å². The summed E-state index contributed by atoms with van der Waals surface area (Å²) in [6.07, 6.45) is 13.2. The maximum atomic E-state index is 3.75. The molecule has 152 valence electrons. The number of rotatable bonds is 10. The normalized spacial score (nSPS) is 14.3. The summed E-state index contributed by atoms with van der Waals surface area (Å²) in [6.45, 7) is 9.10. The van der Waals surface area contributed by atoms with Crippen LogP contribution in [0.1, 0.15) is 100 Å². The maximum Gasteiger partial charge on any atom is 0.0426 e. The van der Waals surface area contributed by atoms with Gasteiger partial charge in [0.15, 0.2) is 0 Å². The molecule has 2 aromatic carbocycles. The summed E-state index contributed by atoms with van der Waals surface area (Å²) in [5, 5.41) is 3.75. The topological polar surface area (TPSA) is 12.0 Å². The first-order chi connectivity index (χ1) is 13.6. The van der Waals surface area contributed by atoms with Crippen molar-refractivity contribution in [2.75, 3.05) is 5.32 Å². The molecule has 0 aromatic heterocycles. The molecule has 0 bridgehead atoms. The SMILES string of the molecule is CCCCCCC1(CCCCCC)c2cc(C)ccc2Nc2ccc(C)cc21. The van der Waals surface area contributed by atoms with Crippen molar-refractivity contribution in [1.82, 2.24) is 0 Å². The molecule has 0 saturated heterocycles. The van der Waals surface area contributed by atoms with Gasteiger partial charge in [-0.05, 0) is 49.9 Å². The molecule has 28 heavy (non-hydrogen) atoms. The van der Waals surface area contributed by atoms with E-state index in [4.69, 9.17) is 0 Å². The van der Waals surface area contributed by atoms with E-state index < -0.39 is 0 Å². The highest BCUT2D eigenvalue weighted by Crippen LogP contribution is 2.51. The van der Waals surface area contributed by atoms with Crippen molar-refractivity contribution in [3.63, 3.8) is 0 Å². The zero-order valence-corrected chi connectivity index (χ0v) is 18.5. The van der Waals surface area contributed by atoms with Gasteiger partial charge in [0.1, 0.15) is 0 Å². The van der Waals surface area contributed by atoms with Crippen LogP contribution in [-0.2, 0) is 5.41 Å². The number of aryl methyl sites for hydroxylation is 2. The van der Waals surface area contributed by atoms with Crippen LogP contribution in [0.25, 0.3) is 0 Å². The Morgan fingerprint density at radius 3 is 1.54 bits per heavy atom. The number of hydrogen-bond acceptors (Lipinski definition) is 1. The van der Waals surface area contributed by atoms with Crippen LogP contribution in [0.2, 0.25) is 0 Å². The molecule has 0 unspecified atom stereocenters. The van der Waals surface area contributed by atoms with Crippen LogP contribution in [0.15, 0.2) is 36.4 Å². The summed E-state index contributed by atoms with van der Waals surface area (Å²) < 4.78 is 0. The fourth-order valence-corrected chi connectivity index (χ4v) is 4.99. The Bertz CT molecular complexity index is 708. The molecule has 0 fully saturated rings. The van der Waals surface area contributed by atoms with E-state index in [1.807, 2.05) is 0 Å². The minimum absolute atomic E-state index is 0.162. The van der Waals surface area contributed by atoms with Crippen LogP contribution >= 0.6 is 0 Å². The zero-order chi connectivity index (χ0) is 20.0. The van der Waals surface area contributed by atoms with Crippen LogP contribution in [0.3, 0.4) is 0 Å². The van der Waals surface area contributed by atoms with Crippen LogP contribution in [0.5, 0.6) is 0 Å². The Labute approximate surface area is 173 Å². The minimum Gasteiger partial charge on any atom is -0.355 e. The summed E-state index contributed by atoms with van der Waals surface area (Å²) >= 11 is 0. The molecule has 1 heterocycles. The lowest BCUT2D eigenvalue weighted by molar-refractivity contribution is 0.392. The van der Waals surface area contributed by atoms with Gasteiger partial charge in [-0.2, -0.15) is 0 Å². The number of benzene rings is 2. The van der Waals surface area contributed by atoms with E-state index in [-0.39, 0.29) is 5.41 Å². The molecule has 1 aliphatic rings. The summed E-state index contributed by atoms with van der Waals surface area (Å²) in [5.74, 6) is 0. The van der Waals surface area contributed by atoms with E-state index in [9.17, 15) is 0 Å². The number of nitrogens with one attached hydrogen (secondary N) is 1. The summed E-state index contributed by atoms with van der Waals surface area (Å²) in [6, 6.07) is 14.1. The van der Waals surface area contributed by atoms with Gasteiger partial charge in [-0.15, -0.1) is 0 Å². The number of unbranched alkanes of at least 4 members (excludes halogenated alkanes) is 6. The molecule has 3 rings (SSSR count). The second-order valence-corrected chi connectivity index (χ2v) is 8.93. The predicted molar refractivity (Wildman–Crippen MR) is 124 cm³/mol. The van der Waals surface area contributed by atoms with E-state index in [0.29, 0.717) is 0 Å². The summed E-state index contributed by atoms with van der Waals surface area (Å²) in [5.41, 5.74) is 8.65. The van der Waals surface area contributed by atoms with Crippen LogP contribution in [0.4, 0.5) is 11.4 Å². The van der Waals surface area contributed by atoms with Crippen molar-refractivity contribution >= 4 is 11.4 Å². The molecule has 1 heteroatoms. The standard InChI is InChI=1S/C27H39N/c1-5-7-9-11-17-27(18-12-10-8-6-2)23-19-21(3)13-15-25(23)28-26-16-14-22(4)20-24(26)27/h13-16,19-20,28H,5-12,17-18H2,1-4H3. The second kappa shape index (κ2) is 9.63. The molecule has 0 aliphatic carbocycles. The Kier molecular flexibility index (Phi) is 7.21. The van der Waals surface area contributed by atoms with Gasteiger partial charge in [-0.25, -0.2) is 0 Å². The Morgan fingerprint density at radius 1 is 0.643 bits per heavy atom. The smallest absolute Gasteiger partial charge is 0.0426 e.